The molecule has 0 radical (unpaired) electrons. The summed E-state index contributed by atoms with van der Waals surface area (Å²) in [7, 11) is 4.60. The molecule has 210 valence electrons. The standard InChI is InChI=1S/C28H26N6O6S/c1-38-23-16-20(17-24(39-2)26(23)40-3)27-31-32-28(33(27)21-12-5-4-6-13-21)41-18-25(35)30-29-15-9-11-19-10-7-8-14-22(19)34(36)37/h4-17H,18H2,1-3H3,(H,30,35)/b11-9-,29-15+. The van der Waals surface area contributed by atoms with Gasteiger partial charge in [-0.3, -0.25) is 19.5 Å². The molecular formula is C28H26N6O6S. The van der Waals surface area contributed by atoms with Crippen molar-refractivity contribution in [2.45, 2.75) is 5.16 Å². The van der Waals surface area contributed by atoms with Gasteiger partial charge in [0.05, 0.1) is 37.6 Å². The molecule has 0 spiro atoms. The largest absolute Gasteiger partial charge is 0.493 e. The molecule has 0 saturated heterocycles. The number of nitro groups is 1. The number of amides is 1. The van der Waals surface area contributed by atoms with Crippen LogP contribution in [-0.4, -0.2) is 58.9 Å². The van der Waals surface area contributed by atoms with E-state index in [0.29, 0.717) is 39.4 Å². The van der Waals surface area contributed by atoms with Crippen LogP contribution in [-0.2, 0) is 4.79 Å². The number of hydrogen-bond donors (Lipinski definition) is 1. The lowest BCUT2D eigenvalue weighted by molar-refractivity contribution is -0.385. The predicted molar refractivity (Wildman–Crippen MR) is 156 cm³/mol. The molecule has 1 aromatic heterocycles. The van der Waals surface area contributed by atoms with Gasteiger partial charge in [-0.05, 0) is 42.5 Å². The number of benzene rings is 3. The fourth-order valence-corrected chi connectivity index (χ4v) is 4.57. The molecule has 41 heavy (non-hydrogen) atoms. The summed E-state index contributed by atoms with van der Waals surface area (Å²) in [6, 6.07) is 19.4. The summed E-state index contributed by atoms with van der Waals surface area (Å²) in [6.45, 7) is 0. The van der Waals surface area contributed by atoms with Crippen molar-refractivity contribution in [1.29, 1.82) is 0 Å². The van der Waals surface area contributed by atoms with E-state index in [1.165, 1.54) is 57.5 Å². The first-order valence-corrected chi connectivity index (χ1v) is 13.1. The van der Waals surface area contributed by atoms with E-state index in [0.717, 1.165) is 5.69 Å². The van der Waals surface area contributed by atoms with Crippen LogP contribution in [0.25, 0.3) is 23.2 Å². The van der Waals surface area contributed by atoms with Gasteiger partial charge in [-0.2, -0.15) is 5.10 Å². The van der Waals surface area contributed by atoms with Crippen LogP contribution in [0, 0.1) is 10.1 Å². The van der Waals surface area contributed by atoms with Gasteiger partial charge in [0.15, 0.2) is 22.5 Å². The molecule has 1 amide bonds. The van der Waals surface area contributed by atoms with Gasteiger partial charge in [0.25, 0.3) is 11.6 Å². The highest BCUT2D eigenvalue weighted by molar-refractivity contribution is 7.99. The van der Waals surface area contributed by atoms with Gasteiger partial charge in [-0.25, -0.2) is 5.43 Å². The van der Waals surface area contributed by atoms with Crippen molar-refractivity contribution in [3.8, 4) is 34.3 Å². The normalized spacial score (nSPS) is 11.1. The molecule has 0 atom stereocenters. The number of methoxy groups -OCH3 is 3. The van der Waals surface area contributed by atoms with Crippen LogP contribution in [0.3, 0.4) is 0 Å². The summed E-state index contributed by atoms with van der Waals surface area (Å²) in [5.41, 5.74) is 4.30. The highest BCUT2D eigenvalue weighted by atomic mass is 32.2. The number of nitrogens with zero attached hydrogens (tertiary/aromatic N) is 5. The summed E-state index contributed by atoms with van der Waals surface area (Å²) >= 11 is 1.18. The van der Waals surface area contributed by atoms with Gasteiger partial charge in [0.1, 0.15) is 0 Å². The van der Waals surface area contributed by atoms with Crippen molar-refractivity contribution < 1.29 is 23.9 Å². The number of para-hydroxylation sites is 2. The Morgan fingerprint density at radius 2 is 1.71 bits per heavy atom. The molecule has 0 bridgehead atoms. The van der Waals surface area contributed by atoms with Crippen LogP contribution in [0.1, 0.15) is 5.56 Å². The maximum absolute atomic E-state index is 12.5. The van der Waals surface area contributed by atoms with Gasteiger partial charge >= 0.3 is 0 Å². The van der Waals surface area contributed by atoms with E-state index < -0.39 is 4.92 Å². The zero-order chi connectivity index (χ0) is 29.2. The average Bonchev–Trinajstić information content (AvgIpc) is 3.43. The third-order valence-electron chi connectivity index (χ3n) is 5.66. The summed E-state index contributed by atoms with van der Waals surface area (Å²) in [4.78, 5) is 23.2. The second-order valence-corrected chi connectivity index (χ2v) is 9.11. The Labute approximate surface area is 239 Å². The summed E-state index contributed by atoms with van der Waals surface area (Å²) in [5, 5.41) is 24.2. The van der Waals surface area contributed by atoms with E-state index in [4.69, 9.17) is 14.2 Å². The second-order valence-electron chi connectivity index (χ2n) is 8.17. The number of thioether (sulfide) groups is 1. The van der Waals surface area contributed by atoms with Gasteiger partial charge < -0.3 is 14.2 Å². The Hall–Kier alpha value is -5.17. The lowest BCUT2D eigenvalue weighted by atomic mass is 10.1. The smallest absolute Gasteiger partial charge is 0.276 e. The first-order chi connectivity index (χ1) is 20.0. The summed E-state index contributed by atoms with van der Waals surface area (Å²) in [6.07, 6.45) is 4.38. The van der Waals surface area contributed by atoms with Crippen LogP contribution >= 0.6 is 11.8 Å². The average molecular weight is 575 g/mol. The van der Waals surface area contributed by atoms with Crippen LogP contribution in [0.5, 0.6) is 17.2 Å². The Morgan fingerprint density at radius 3 is 2.37 bits per heavy atom. The predicted octanol–water partition coefficient (Wildman–Crippen LogP) is 4.78. The minimum absolute atomic E-state index is 0.00539. The number of rotatable bonds is 12. The molecule has 0 fully saturated rings. The van der Waals surface area contributed by atoms with E-state index in [1.807, 2.05) is 34.9 Å². The maximum Gasteiger partial charge on any atom is 0.276 e. The molecule has 13 heteroatoms. The number of carbonyl (C=O) groups is 1. The number of carbonyl (C=O) groups excluding carboxylic acids is 1. The molecule has 4 aromatic rings. The SMILES string of the molecule is COc1cc(-c2nnc(SCC(=O)N/N=C/C=C\c3ccccc3[N+](=O)[O-])n2-c2ccccc2)cc(OC)c1OC. The van der Waals surface area contributed by atoms with Crippen molar-refractivity contribution in [2.24, 2.45) is 5.10 Å². The molecule has 0 aliphatic carbocycles. The van der Waals surface area contributed by atoms with E-state index in [9.17, 15) is 14.9 Å². The topological polar surface area (TPSA) is 143 Å². The van der Waals surface area contributed by atoms with Crippen molar-refractivity contribution in [3.63, 3.8) is 0 Å². The van der Waals surface area contributed by atoms with Crippen molar-refractivity contribution >= 4 is 35.6 Å². The molecular weight excluding hydrogens is 548 g/mol. The monoisotopic (exact) mass is 574 g/mol. The highest BCUT2D eigenvalue weighted by Gasteiger charge is 2.21. The number of aromatic nitrogens is 3. The third-order valence-corrected chi connectivity index (χ3v) is 6.59. The summed E-state index contributed by atoms with van der Waals surface area (Å²) < 4.78 is 18.3. The quantitative estimate of drug-likeness (QED) is 0.109. The van der Waals surface area contributed by atoms with Crippen LogP contribution in [0.15, 0.2) is 83.1 Å². The Kier molecular flexibility index (Phi) is 9.67. The number of hydrogen-bond acceptors (Lipinski definition) is 10. The number of nitrogens with one attached hydrogen (secondary N) is 1. The Balaban J connectivity index is 1.51. The molecule has 1 heterocycles. The minimum Gasteiger partial charge on any atom is -0.493 e. The van der Waals surface area contributed by atoms with Crippen molar-refractivity contribution in [3.05, 3.63) is 88.5 Å². The number of nitro benzene ring substituents is 1. The van der Waals surface area contributed by atoms with Gasteiger partial charge in [-0.1, -0.05) is 42.1 Å². The lowest BCUT2D eigenvalue weighted by Gasteiger charge is -2.15. The van der Waals surface area contributed by atoms with Crippen LogP contribution < -0.4 is 19.6 Å². The Bertz CT molecular complexity index is 1560. The highest BCUT2D eigenvalue weighted by Crippen LogP contribution is 2.41. The maximum atomic E-state index is 12.5. The van der Waals surface area contributed by atoms with E-state index >= 15 is 0 Å². The molecule has 0 aliphatic heterocycles. The molecule has 3 aromatic carbocycles. The van der Waals surface area contributed by atoms with Crippen LogP contribution in [0.2, 0.25) is 0 Å². The summed E-state index contributed by atoms with van der Waals surface area (Å²) in [5.74, 6) is 1.52. The molecule has 0 aliphatic rings. The number of hydrazone groups is 1. The van der Waals surface area contributed by atoms with Crippen molar-refractivity contribution in [2.75, 3.05) is 27.1 Å². The van der Waals surface area contributed by atoms with Gasteiger partial charge in [0, 0.05) is 23.5 Å². The fraction of sp³-hybridized carbons (Fsp3) is 0.143. The first-order valence-electron chi connectivity index (χ1n) is 12.1. The lowest BCUT2D eigenvalue weighted by Crippen LogP contribution is -2.19. The zero-order valence-electron chi connectivity index (χ0n) is 22.4. The second kappa shape index (κ2) is 13.8. The molecule has 12 nitrogen and oxygen atoms in total. The van der Waals surface area contributed by atoms with E-state index in [-0.39, 0.29) is 17.3 Å². The molecule has 4 rings (SSSR count). The number of allylic oxidation sites excluding steroid dienone is 1. The zero-order valence-corrected chi connectivity index (χ0v) is 23.2. The Morgan fingerprint density at radius 1 is 1.02 bits per heavy atom. The minimum atomic E-state index is -0.461. The van der Waals surface area contributed by atoms with Gasteiger partial charge in [-0.15, -0.1) is 10.2 Å². The number of ether oxygens (including phenoxy) is 3. The molecule has 0 saturated carbocycles. The third kappa shape index (κ3) is 6.89. The van der Waals surface area contributed by atoms with E-state index in [1.54, 1.807) is 30.3 Å². The van der Waals surface area contributed by atoms with Crippen molar-refractivity contribution in [1.82, 2.24) is 20.2 Å². The molecule has 1 N–H and O–H groups in total. The van der Waals surface area contributed by atoms with Crippen LogP contribution in [0.4, 0.5) is 5.69 Å². The van der Waals surface area contributed by atoms with Gasteiger partial charge in [0.2, 0.25) is 5.75 Å². The molecule has 0 unspecified atom stereocenters. The fourth-order valence-electron chi connectivity index (χ4n) is 3.83. The van der Waals surface area contributed by atoms with E-state index in [2.05, 4.69) is 20.7 Å². The first kappa shape index (κ1) is 28.8.